The molecule has 2 atom stereocenters. The maximum absolute atomic E-state index is 12.3. The van der Waals surface area contributed by atoms with E-state index in [0.29, 0.717) is 6.42 Å². The van der Waals surface area contributed by atoms with Gasteiger partial charge in [0.2, 0.25) is 5.91 Å². The zero-order valence-corrected chi connectivity index (χ0v) is 31.1. The van der Waals surface area contributed by atoms with Crippen molar-refractivity contribution in [3.05, 3.63) is 24.3 Å². The Morgan fingerprint density at radius 3 is 1.20 bits per heavy atom. The van der Waals surface area contributed by atoms with Crippen molar-refractivity contribution in [1.82, 2.24) is 5.32 Å². The van der Waals surface area contributed by atoms with Crippen LogP contribution in [0.2, 0.25) is 0 Å². The van der Waals surface area contributed by atoms with Crippen LogP contribution in [0.25, 0.3) is 0 Å². The van der Waals surface area contributed by atoms with Crippen LogP contribution in [0.5, 0.6) is 0 Å². The average Bonchev–Trinajstić information content (AvgIpc) is 3.06. The van der Waals surface area contributed by atoms with E-state index in [1.807, 2.05) is 6.08 Å². The van der Waals surface area contributed by atoms with Crippen LogP contribution in [-0.4, -0.2) is 34.9 Å². The summed E-state index contributed by atoms with van der Waals surface area (Å²) in [6.45, 7) is 4.30. The number of amides is 1. The smallest absolute Gasteiger partial charge is 0.220 e. The summed E-state index contributed by atoms with van der Waals surface area (Å²) in [5, 5.41) is 22.9. The second-order valence-corrected chi connectivity index (χ2v) is 14.1. The van der Waals surface area contributed by atoms with Gasteiger partial charge in [0.25, 0.3) is 0 Å². The van der Waals surface area contributed by atoms with Crippen LogP contribution in [0, 0.1) is 0 Å². The Kier molecular flexibility index (Phi) is 37.4. The topological polar surface area (TPSA) is 69.6 Å². The third kappa shape index (κ3) is 34.2. The fraction of sp³-hybridized carbons (Fsp3) is 0.881. The van der Waals surface area contributed by atoms with Crippen molar-refractivity contribution in [2.45, 2.75) is 231 Å². The molecular formula is C42H81NO3. The number of aliphatic hydroxyl groups excluding tert-OH is 2. The van der Waals surface area contributed by atoms with Crippen LogP contribution >= 0.6 is 0 Å². The van der Waals surface area contributed by atoms with E-state index in [2.05, 4.69) is 31.3 Å². The Balaban J connectivity index is 3.55. The normalized spacial score (nSPS) is 13.2. The summed E-state index contributed by atoms with van der Waals surface area (Å²) in [7, 11) is 0. The third-order valence-corrected chi connectivity index (χ3v) is 9.43. The second kappa shape index (κ2) is 38.3. The summed E-state index contributed by atoms with van der Waals surface area (Å²) >= 11 is 0. The van der Waals surface area contributed by atoms with Gasteiger partial charge < -0.3 is 15.5 Å². The molecule has 0 spiro atoms. The van der Waals surface area contributed by atoms with Crippen molar-refractivity contribution < 1.29 is 15.0 Å². The SMILES string of the molecule is CCCCCCCCC=CCCCCCCCCCCCCCC(=O)N[C@@H](CO)[C@H](O)/C=C/CCCCCCCCCCCCC. The molecule has 0 aromatic rings. The minimum Gasteiger partial charge on any atom is -0.394 e. The van der Waals surface area contributed by atoms with Crippen LogP contribution in [0.1, 0.15) is 219 Å². The summed E-state index contributed by atoms with van der Waals surface area (Å²) in [4.78, 5) is 12.3. The first-order valence-corrected chi connectivity index (χ1v) is 20.6. The molecule has 3 N–H and O–H groups in total. The zero-order valence-electron chi connectivity index (χ0n) is 31.1. The fourth-order valence-electron chi connectivity index (χ4n) is 6.23. The predicted molar refractivity (Wildman–Crippen MR) is 202 cm³/mol. The minimum atomic E-state index is -0.835. The van der Waals surface area contributed by atoms with E-state index in [4.69, 9.17) is 0 Å². The lowest BCUT2D eigenvalue weighted by molar-refractivity contribution is -0.123. The van der Waals surface area contributed by atoms with E-state index >= 15 is 0 Å². The largest absolute Gasteiger partial charge is 0.394 e. The van der Waals surface area contributed by atoms with Crippen LogP contribution in [-0.2, 0) is 4.79 Å². The van der Waals surface area contributed by atoms with Crippen LogP contribution in [0.4, 0.5) is 0 Å². The Morgan fingerprint density at radius 1 is 0.500 bits per heavy atom. The van der Waals surface area contributed by atoms with E-state index in [1.165, 1.54) is 173 Å². The monoisotopic (exact) mass is 648 g/mol. The lowest BCUT2D eigenvalue weighted by Gasteiger charge is -2.20. The van der Waals surface area contributed by atoms with Crippen molar-refractivity contribution in [2.24, 2.45) is 0 Å². The molecule has 0 aromatic carbocycles. The molecule has 0 bridgehead atoms. The number of rotatable bonds is 37. The van der Waals surface area contributed by atoms with E-state index in [1.54, 1.807) is 6.08 Å². The van der Waals surface area contributed by atoms with Crippen molar-refractivity contribution in [3.63, 3.8) is 0 Å². The molecule has 0 unspecified atom stereocenters. The molecule has 0 saturated carbocycles. The molecule has 0 saturated heterocycles. The summed E-state index contributed by atoms with van der Waals surface area (Å²) in [6, 6.07) is -0.618. The molecule has 0 aliphatic heterocycles. The second-order valence-electron chi connectivity index (χ2n) is 14.1. The molecule has 0 aromatic heterocycles. The highest BCUT2D eigenvalue weighted by Gasteiger charge is 2.17. The number of carbonyl (C=O) groups is 1. The Morgan fingerprint density at radius 2 is 0.826 bits per heavy atom. The van der Waals surface area contributed by atoms with Gasteiger partial charge in [-0.1, -0.05) is 192 Å². The highest BCUT2D eigenvalue weighted by Crippen LogP contribution is 2.14. The van der Waals surface area contributed by atoms with Crippen LogP contribution in [0.15, 0.2) is 24.3 Å². The number of hydrogen-bond donors (Lipinski definition) is 3. The maximum atomic E-state index is 12.3. The van der Waals surface area contributed by atoms with Crippen LogP contribution in [0.3, 0.4) is 0 Å². The van der Waals surface area contributed by atoms with E-state index < -0.39 is 12.1 Å². The van der Waals surface area contributed by atoms with Gasteiger partial charge in [-0.25, -0.2) is 0 Å². The first-order chi connectivity index (χ1) is 22.7. The minimum absolute atomic E-state index is 0.0647. The third-order valence-electron chi connectivity index (χ3n) is 9.43. The maximum Gasteiger partial charge on any atom is 0.220 e. The van der Waals surface area contributed by atoms with Crippen molar-refractivity contribution in [3.8, 4) is 0 Å². The van der Waals surface area contributed by atoms with Gasteiger partial charge in [-0.15, -0.1) is 0 Å². The Bertz CT molecular complexity index is 661. The molecule has 0 aliphatic rings. The van der Waals surface area contributed by atoms with Gasteiger partial charge in [-0.05, 0) is 44.9 Å². The Labute approximate surface area is 288 Å². The van der Waals surface area contributed by atoms with Gasteiger partial charge in [-0.2, -0.15) is 0 Å². The van der Waals surface area contributed by atoms with Crippen molar-refractivity contribution in [1.29, 1.82) is 0 Å². The highest BCUT2D eigenvalue weighted by molar-refractivity contribution is 5.76. The molecule has 0 radical (unpaired) electrons. The molecule has 0 fully saturated rings. The van der Waals surface area contributed by atoms with Gasteiger partial charge >= 0.3 is 0 Å². The fourth-order valence-corrected chi connectivity index (χ4v) is 6.23. The Hall–Kier alpha value is -1.13. The number of allylic oxidation sites excluding steroid dienone is 3. The highest BCUT2D eigenvalue weighted by atomic mass is 16.3. The molecular weight excluding hydrogens is 566 g/mol. The van der Waals surface area contributed by atoms with E-state index in [-0.39, 0.29) is 12.5 Å². The quantitative estimate of drug-likeness (QED) is 0.0464. The lowest BCUT2D eigenvalue weighted by Crippen LogP contribution is -2.45. The summed E-state index contributed by atoms with van der Waals surface area (Å²) in [5.74, 6) is -0.0647. The van der Waals surface area contributed by atoms with Gasteiger partial charge in [-0.3, -0.25) is 4.79 Å². The number of hydrogen-bond acceptors (Lipinski definition) is 3. The summed E-state index contributed by atoms with van der Waals surface area (Å²) in [6.07, 6.45) is 48.4. The van der Waals surface area contributed by atoms with Crippen molar-refractivity contribution in [2.75, 3.05) is 6.61 Å². The molecule has 46 heavy (non-hydrogen) atoms. The number of carbonyl (C=O) groups excluding carboxylic acids is 1. The lowest BCUT2D eigenvalue weighted by atomic mass is 10.0. The number of unbranched alkanes of at least 4 members (excludes halogenated alkanes) is 28. The molecule has 0 heterocycles. The van der Waals surface area contributed by atoms with E-state index in [9.17, 15) is 15.0 Å². The van der Waals surface area contributed by atoms with Crippen molar-refractivity contribution >= 4 is 5.91 Å². The molecule has 4 heteroatoms. The zero-order chi connectivity index (χ0) is 33.6. The number of nitrogens with one attached hydrogen (secondary N) is 1. The molecule has 4 nitrogen and oxygen atoms in total. The van der Waals surface area contributed by atoms with Gasteiger partial charge in [0.1, 0.15) is 0 Å². The molecule has 0 rings (SSSR count). The van der Waals surface area contributed by atoms with E-state index in [0.717, 1.165) is 25.7 Å². The first-order valence-electron chi connectivity index (χ1n) is 20.6. The van der Waals surface area contributed by atoms with Gasteiger partial charge in [0.15, 0.2) is 0 Å². The van der Waals surface area contributed by atoms with Crippen LogP contribution < -0.4 is 5.32 Å². The average molecular weight is 648 g/mol. The predicted octanol–water partition coefficient (Wildman–Crippen LogP) is 12.5. The standard InChI is InChI=1S/C42H81NO3/c1-3-5-7-9-11-13-15-17-18-19-20-21-22-23-24-26-28-30-32-34-36-38-42(46)43-40(39-44)41(45)37-35-33-31-29-27-25-16-14-12-10-8-6-4-2/h17-18,35,37,40-41,44-45H,3-16,19-34,36,38-39H2,1-2H3,(H,43,46)/b18-17?,37-35+/t40-,41+/m0/s1. The molecule has 272 valence electrons. The number of aliphatic hydroxyl groups is 2. The summed E-state index contributed by atoms with van der Waals surface area (Å²) in [5.41, 5.74) is 0. The van der Waals surface area contributed by atoms with Gasteiger partial charge in [0, 0.05) is 6.42 Å². The molecule has 1 amide bonds. The molecule has 0 aliphatic carbocycles. The van der Waals surface area contributed by atoms with Gasteiger partial charge in [0.05, 0.1) is 18.8 Å². The summed E-state index contributed by atoms with van der Waals surface area (Å²) < 4.78 is 0. The first kappa shape index (κ1) is 44.9.